The number of hydrogen-bond acceptors (Lipinski definition) is 7. The predicted molar refractivity (Wildman–Crippen MR) is 163 cm³/mol. The van der Waals surface area contributed by atoms with Gasteiger partial charge in [0.1, 0.15) is 23.9 Å². The highest BCUT2D eigenvalue weighted by Gasteiger charge is 2.31. The van der Waals surface area contributed by atoms with Gasteiger partial charge in [-0.1, -0.05) is 56.3 Å². The van der Waals surface area contributed by atoms with Crippen LogP contribution in [0.5, 0.6) is 5.75 Å². The van der Waals surface area contributed by atoms with E-state index in [1.54, 1.807) is 36.4 Å². The molecule has 2 aromatic rings. The summed E-state index contributed by atoms with van der Waals surface area (Å²) >= 11 is 0. The fourth-order valence-corrected chi connectivity index (χ4v) is 4.32. The van der Waals surface area contributed by atoms with E-state index in [1.807, 2.05) is 19.9 Å². The Hall–Kier alpha value is -4.65. The molecule has 234 valence electrons. The van der Waals surface area contributed by atoms with Gasteiger partial charge in [-0.15, -0.1) is 0 Å². The van der Waals surface area contributed by atoms with Crippen molar-refractivity contribution in [1.29, 1.82) is 0 Å². The van der Waals surface area contributed by atoms with Gasteiger partial charge in [0.2, 0.25) is 17.7 Å². The molecule has 0 radical (unpaired) electrons. The number of nitrogens with two attached hydrogens (primary N) is 3. The summed E-state index contributed by atoms with van der Waals surface area (Å²) in [4.78, 5) is 55.5. The number of carboxylic acid groups (broad SMARTS) is 1. The zero-order valence-corrected chi connectivity index (χ0v) is 24.5. The Morgan fingerprint density at radius 2 is 1.35 bits per heavy atom. The Labute approximate surface area is 251 Å². The lowest BCUT2D eigenvalue weighted by molar-refractivity contribution is -0.142. The number of phenolic OH excluding ortho intramolecular Hbond substituents is 1. The number of nitrogens with one attached hydrogen (secondary N) is 3. The largest absolute Gasteiger partial charge is 0.508 e. The number of hydrogen-bond donors (Lipinski definition) is 8. The van der Waals surface area contributed by atoms with E-state index in [0.717, 1.165) is 11.1 Å². The van der Waals surface area contributed by atoms with Crippen LogP contribution in [0.15, 0.2) is 59.6 Å². The first-order chi connectivity index (χ1) is 20.3. The van der Waals surface area contributed by atoms with Crippen LogP contribution in [0, 0.1) is 5.92 Å². The number of benzene rings is 2. The minimum atomic E-state index is -1.23. The first-order valence-corrected chi connectivity index (χ1v) is 14.1. The quantitative estimate of drug-likeness (QED) is 0.0702. The van der Waals surface area contributed by atoms with Crippen molar-refractivity contribution in [3.63, 3.8) is 0 Å². The Morgan fingerprint density at radius 3 is 1.93 bits per heavy atom. The Kier molecular flexibility index (Phi) is 13.9. The molecule has 0 aliphatic carbocycles. The maximum Gasteiger partial charge on any atom is 0.326 e. The maximum atomic E-state index is 13.6. The molecule has 4 atom stereocenters. The molecule has 0 fully saturated rings. The Morgan fingerprint density at radius 1 is 0.791 bits per heavy atom. The second-order valence-corrected chi connectivity index (χ2v) is 10.8. The average molecular weight is 598 g/mol. The molecule has 3 amide bonds. The molecule has 0 saturated heterocycles. The molecule has 0 aliphatic rings. The van der Waals surface area contributed by atoms with Gasteiger partial charge in [-0.25, -0.2) is 4.79 Å². The van der Waals surface area contributed by atoms with Gasteiger partial charge < -0.3 is 43.4 Å². The highest BCUT2D eigenvalue weighted by atomic mass is 16.4. The molecule has 13 nitrogen and oxygen atoms in total. The lowest BCUT2D eigenvalue weighted by Crippen LogP contribution is -2.58. The summed E-state index contributed by atoms with van der Waals surface area (Å²) in [5, 5.41) is 27.1. The van der Waals surface area contributed by atoms with E-state index in [2.05, 4.69) is 20.9 Å². The van der Waals surface area contributed by atoms with Gasteiger partial charge >= 0.3 is 5.97 Å². The van der Waals surface area contributed by atoms with Crippen molar-refractivity contribution < 1.29 is 29.4 Å². The van der Waals surface area contributed by atoms with Crippen molar-refractivity contribution in [2.75, 3.05) is 6.54 Å². The van der Waals surface area contributed by atoms with Crippen molar-refractivity contribution in [3.05, 3.63) is 65.7 Å². The molecule has 0 aromatic heterocycles. The van der Waals surface area contributed by atoms with Gasteiger partial charge in [0.15, 0.2) is 5.96 Å². The number of rotatable bonds is 17. The van der Waals surface area contributed by atoms with Crippen molar-refractivity contribution in [3.8, 4) is 5.75 Å². The van der Waals surface area contributed by atoms with E-state index in [0.29, 0.717) is 6.42 Å². The SMILES string of the molecule is CC(C)CC(NC(=O)C(Cc1ccccc1)NC(=O)C(N)Cc1ccc(O)cc1)C(=O)NC(CCCN=C(N)N)C(=O)O. The summed E-state index contributed by atoms with van der Waals surface area (Å²) in [6.45, 7) is 3.92. The standard InChI is InChI=1S/C30H43N7O6/c1-18(2)15-24(27(40)35-23(29(42)43)9-6-14-34-30(32)33)37-28(41)25(17-19-7-4-3-5-8-19)36-26(39)22(31)16-20-10-12-21(38)13-11-20/h3-5,7-8,10-13,18,22-25,38H,6,9,14-17,31H2,1-2H3,(H,35,40)(H,36,39)(H,37,41)(H,42,43)(H4,32,33,34). The second kappa shape index (κ2) is 17.3. The molecular formula is C30H43N7O6. The smallest absolute Gasteiger partial charge is 0.326 e. The lowest BCUT2D eigenvalue weighted by atomic mass is 10.00. The summed E-state index contributed by atoms with van der Waals surface area (Å²) in [5.41, 5.74) is 18.2. The number of guanidine groups is 1. The fraction of sp³-hybridized carbons (Fsp3) is 0.433. The van der Waals surface area contributed by atoms with E-state index >= 15 is 0 Å². The number of amides is 3. The highest BCUT2D eigenvalue weighted by molar-refractivity contribution is 5.94. The second-order valence-electron chi connectivity index (χ2n) is 10.8. The summed E-state index contributed by atoms with van der Waals surface area (Å²) < 4.78 is 0. The number of carbonyl (C=O) groups excluding carboxylic acids is 3. The summed E-state index contributed by atoms with van der Waals surface area (Å²) in [7, 11) is 0. The Bertz CT molecular complexity index is 1230. The molecular weight excluding hydrogens is 554 g/mol. The summed E-state index contributed by atoms with van der Waals surface area (Å²) in [5.74, 6) is -3.14. The number of nitrogens with zero attached hydrogens (tertiary/aromatic N) is 1. The van der Waals surface area contributed by atoms with Crippen LogP contribution < -0.4 is 33.2 Å². The van der Waals surface area contributed by atoms with Gasteiger partial charge in [0.05, 0.1) is 6.04 Å². The summed E-state index contributed by atoms with van der Waals surface area (Å²) in [6.07, 6.45) is 0.912. The van der Waals surface area contributed by atoms with Crippen LogP contribution in [0.4, 0.5) is 0 Å². The van der Waals surface area contributed by atoms with E-state index in [4.69, 9.17) is 17.2 Å². The third-order valence-electron chi connectivity index (χ3n) is 6.54. The number of carboxylic acids is 1. The highest BCUT2D eigenvalue weighted by Crippen LogP contribution is 2.12. The van der Waals surface area contributed by atoms with Crippen LogP contribution in [0.1, 0.15) is 44.2 Å². The minimum Gasteiger partial charge on any atom is -0.508 e. The molecule has 43 heavy (non-hydrogen) atoms. The first-order valence-electron chi connectivity index (χ1n) is 14.1. The average Bonchev–Trinajstić information content (AvgIpc) is 2.94. The van der Waals surface area contributed by atoms with Crippen LogP contribution >= 0.6 is 0 Å². The zero-order chi connectivity index (χ0) is 31.9. The zero-order valence-electron chi connectivity index (χ0n) is 24.5. The van der Waals surface area contributed by atoms with Crippen LogP contribution in [0.2, 0.25) is 0 Å². The van der Waals surface area contributed by atoms with E-state index < -0.39 is 47.9 Å². The van der Waals surface area contributed by atoms with Crippen molar-refractivity contribution in [1.82, 2.24) is 16.0 Å². The van der Waals surface area contributed by atoms with Crippen molar-refractivity contribution >= 4 is 29.7 Å². The van der Waals surface area contributed by atoms with E-state index in [1.165, 1.54) is 12.1 Å². The molecule has 2 aromatic carbocycles. The van der Waals surface area contributed by atoms with Crippen molar-refractivity contribution in [2.24, 2.45) is 28.1 Å². The molecule has 0 aliphatic heterocycles. The topological polar surface area (TPSA) is 235 Å². The predicted octanol–water partition coefficient (Wildman–Crippen LogP) is 0.143. The first kappa shape index (κ1) is 34.6. The molecule has 11 N–H and O–H groups in total. The Balaban J connectivity index is 2.18. The monoisotopic (exact) mass is 597 g/mol. The van der Waals surface area contributed by atoms with Crippen LogP contribution in [0.3, 0.4) is 0 Å². The third kappa shape index (κ3) is 12.8. The lowest BCUT2D eigenvalue weighted by Gasteiger charge is -2.26. The third-order valence-corrected chi connectivity index (χ3v) is 6.54. The number of aromatic hydroxyl groups is 1. The van der Waals surface area contributed by atoms with Crippen molar-refractivity contribution in [2.45, 2.75) is 70.1 Å². The van der Waals surface area contributed by atoms with Gasteiger partial charge in [0, 0.05) is 13.0 Å². The molecule has 4 unspecified atom stereocenters. The van der Waals surface area contributed by atoms with Crippen LogP contribution in [-0.2, 0) is 32.0 Å². The summed E-state index contributed by atoms with van der Waals surface area (Å²) in [6, 6.07) is 11.0. The normalized spacial score (nSPS) is 13.7. The van der Waals surface area contributed by atoms with Gasteiger partial charge in [-0.2, -0.15) is 0 Å². The fourth-order valence-electron chi connectivity index (χ4n) is 4.32. The maximum absolute atomic E-state index is 13.6. The number of aliphatic imine (C=N–C) groups is 1. The molecule has 0 bridgehead atoms. The number of carbonyl (C=O) groups is 4. The van der Waals surface area contributed by atoms with E-state index in [9.17, 15) is 29.4 Å². The molecule has 0 saturated carbocycles. The van der Waals surface area contributed by atoms with Gasteiger partial charge in [-0.3, -0.25) is 19.4 Å². The molecule has 2 rings (SSSR count). The molecule has 13 heteroatoms. The molecule has 0 heterocycles. The van der Waals surface area contributed by atoms with Gasteiger partial charge in [-0.05, 0) is 54.9 Å². The van der Waals surface area contributed by atoms with Crippen LogP contribution in [-0.4, -0.2) is 70.6 Å². The number of aliphatic carboxylic acids is 1. The molecule has 0 spiro atoms. The minimum absolute atomic E-state index is 0.0258. The van der Waals surface area contributed by atoms with Crippen LogP contribution in [0.25, 0.3) is 0 Å². The van der Waals surface area contributed by atoms with Gasteiger partial charge in [0.25, 0.3) is 0 Å². The number of phenols is 1. The van der Waals surface area contributed by atoms with E-state index in [-0.39, 0.29) is 49.9 Å².